The maximum Gasteiger partial charge on any atom is 0.191 e. The van der Waals surface area contributed by atoms with Crippen molar-refractivity contribution in [1.29, 1.82) is 0 Å². The monoisotopic (exact) mass is 353 g/mol. The first-order valence-corrected chi connectivity index (χ1v) is 9.00. The summed E-state index contributed by atoms with van der Waals surface area (Å²) in [7, 11) is 1.76. The van der Waals surface area contributed by atoms with Gasteiger partial charge >= 0.3 is 0 Å². The summed E-state index contributed by atoms with van der Waals surface area (Å²) in [5.74, 6) is 2.29. The predicted octanol–water partition coefficient (Wildman–Crippen LogP) is 3.09. The van der Waals surface area contributed by atoms with Gasteiger partial charge in [-0.25, -0.2) is 0 Å². The Morgan fingerprint density at radius 2 is 2.12 bits per heavy atom. The van der Waals surface area contributed by atoms with E-state index < -0.39 is 0 Å². The molecule has 1 unspecified atom stereocenters. The summed E-state index contributed by atoms with van der Waals surface area (Å²) < 4.78 is 11.4. The van der Waals surface area contributed by atoms with Crippen LogP contribution < -0.4 is 15.4 Å². The van der Waals surface area contributed by atoms with Crippen LogP contribution in [0.15, 0.2) is 29.3 Å². The van der Waals surface area contributed by atoms with Crippen LogP contribution in [-0.2, 0) is 4.74 Å². The van der Waals surface area contributed by atoms with E-state index in [1.807, 2.05) is 31.2 Å². The summed E-state index contributed by atoms with van der Waals surface area (Å²) >= 11 is 6.10. The topological polar surface area (TPSA) is 54.9 Å². The van der Waals surface area contributed by atoms with Crippen LogP contribution in [0.2, 0.25) is 5.02 Å². The van der Waals surface area contributed by atoms with Gasteiger partial charge in [0, 0.05) is 26.8 Å². The minimum Gasteiger partial charge on any atom is -0.487 e. The highest BCUT2D eigenvalue weighted by Gasteiger charge is 2.20. The first kappa shape index (κ1) is 18.9. The Labute approximate surface area is 149 Å². The maximum atomic E-state index is 6.10. The normalized spacial score (nSPS) is 15.9. The van der Waals surface area contributed by atoms with E-state index in [9.17, 15) is 0 Å². The number of hydrogen-bond donors (Lipinski definition) is 2. The molecule has 1 aliphatic carbocycles. The molecule has 5 nitrogen and oxygen atoms in total. The van der Waals surface area contributed by atoms with Crippen LogP contribution in [-0.4, -0.2) is 45.4 Å². The zero-order chi connectivity index (χ0) is 17.2. The first-order valence-electron chi connectivity index (χ1n) is 8.62. The van der Waals surface area contributed by atoms with Crippen molar-refractivity contribution in [1.82, 2.24) is 10.6 Å². The van der Waals surface area contributed by atoms with Crippen molar-refractivity contribution in [3.05, 3.63) is 29.3 Å². The molecular formula is C18H28ClN3O2. The van der Waals surface area contributed by atoms with Gasteiger partial charge < -0.3 is 20.1 Å². The van der Waals surface area contributed by atoms with Gasteiger partial charge in [0.15, 0.2) is 5.96 Å². The molecule has 1 aromatic carbocycles. The Hall–Kier alpha value is -1.46. The van der Waals surface area contributed by atoms with Gasteiger partial charge in [-0.2, -0.15) is 0 Å². The molecule has 24 heavy (non-hydrogen) atoms. The summed E-state index contributed by atoms with van der Waals surface area (Å²) in [6, 6.07) is 7.49. The second-order valence-electron chi connectivity index (χ2n) is 6.11. The van der Waals surface area contributed by atoms with E-state index in [0.717, 1.165) is 38.1 Å². The Morgan fingerprint density at radius 1 is 1.33 bits per heavy atom. The number of guanidine groups is 1. The molecular weight excluding hydrogens is 326 g/mol. The molecule has 1 aliphatic rings. The number of halogens is 1. The fraction of sp³-hybridized carbons (Fsp3) is 0.611. The molecule has 0 aromatic heterocycles. The third-order valence-corrected chi connectivity index (χ3v) is 4.07. The average Bonchev–Trinajstić information content (AvgIpc) is 3.40. The third-order valence-electron chi connectivity index (χ3n) is 3.75. The summed E-state index contributed by atoms with van der Waals surface area (Å²) in [4.78, 5) is 4.21. The number of nitrogens with one attached hydrogen (secondary N) is 2. The van der Waals surface area contributed by atoms with Gasteiger partial charge in [-0.1, -0.05) is 23.7 Å². The molecule has 0 saturated heterocycles. The van der Waals surface area contributed by atoms with E-state index in [1.54, 1.807) is 7.05 Å². The highest BCUT2D eigenvalue weighted by atomic mass is 35.5. The molecule has 1 saturated carbocycles. The molecule has 0 bridgehead atoms. The van der Waals surface area contributed by atoms with Crippen molar-refractivity contribution in [3.8, 4) is 5.75 Å². The Morgan fingerprint density at radius 3 is 2.83 bits per heavy atom. The molecule has 0 heterocycles. The molecule has 1 aromatic rings. The van der Waals surface area contributed by atoms with Gasteiger partial charge in [-0.3, -0.25) is 4.99 Å². The van der Waals surface area contributed by atoms with E-state index in [0.29, 0.717) is 17.3 Å². The van der Waals surface area contributed by atoms with E-state index in [2.05, 4.69) is 15.6 Å². The Bertz CT molecular complexity index is 521. The lowest BCUT2D eigenvalue weighted by Crippen LogP contribution is -2.42. The van der Waals surface area contributed by atoms with Crippen molar-refractivity contribution < 1.29 is 9.47 Å². The molecule has 1 atom stereocenters. The SMILES string of the molecule is CN=C(NCCCOCC1CC1)NCC(C)Oc1ccccc1Cl. The lowest BCUT2D eigenvalue weighted by molar-refractivity contribution is 0.123. The number of ether oxygens (including phenoxy) is 2. The number of para-hydroxylation sites is 1. The molecule has 0 radical (unpaired) electrons. The molecule has 0 spiro atoms. The Kier molecular flexibility index (Phi) is 8.19. The standard InChI is InChI=1S/C18H28ClN3O2/c1-14(24-17-7-4-3-6-16(17)19)12-22-18(20-2)21-10-5-11-23-13-15-8-9-15/h3-4,6-7,14-15H,5,8-13H2,1-2H3,(H2,20,21,22). The lowest BCUT2D eigenvalue weighted by atomic mass is 10.3. The van der Waals surface area contributed by atoms with Gasteiger partial charge in [-0.05, 0) is 44.2 Å². The molecule has 0 amide bonds. The van der Waals surface area contributed by atoms with Crippen LogP contribution in [0.25, 0.3) is 0 Å². The molecule has 6 heteroatoms. The predicted molar refractivity (Wildman–Crippen MR) is 99.1 cm³/mol. The summed E-state index contributed by atoms with van der Waals surface area (Å²) in [5, 5.41) is 7.16. The van der Waals surface area contributed by atoms with E-state index in [1.165, 1.54) is 12.8 Å². The van der Waals surface area contributed by atoms with Crippen molar-refractivity contribution in [2.75, 3.05) is 33.4 Å². The van der Waals surface area contributed by atoms with Crippen molar-refractivity contribution in [3.63, 3.8) is 0 Å². The van der Waals surface area contributed by atoms with Gasteiger partial charge in [-0.15, -0.1) is 0 Å². The molecule has 0 aliphatic heterocycles. The van der Waals surface area contributed by atoms with E-state index >= 15 is 0 Å². The van der Waals surface area contributed by atoms with Crippen LogP contribution in [0.4, 0.5) is 0 Å². The molecule has 1 fully saturated rings. The zero-order valence-electron chi connectivity index (χ0n) is 14.6. The number of nitrogens with zero attached hydrogens (tertiary/aromatic N) is 1. The number of benzene rings is 1. The van der Waals surface area contributed by atoms with Crippen molar-refractivity contribution >= 4 is 17.6 Å². The number of hydrogen-bond acceptors (Lipinski definition) is 3. The van der Waals surface area contributed by atoms with Crippen molar-refractivity contribution in [2.45, 2.75) is 32.3 Å². The first-order chi connectivity index (χ1) is 11.7. The minimum absolute atomic E-state index is 0.0228. The highest BCUT2D eigenvalue weighted by molar-refractivity contribution is 6.32. The summed E-state index contributed by atoms with van der Waals surface area (Å²) in [5.41, 5.74) is 0. The second kappa shape index (κ2) is 10.4. The largest absolute Gasteiger partial charge is 0.487 e. The second-order valence-corrected chi connectivity index (χ2v) is 6.52. The summed E-state index contributed by atoms with van der Waals surface area (Å²) in [6.45, 7) is 5.19. The van der Waals surface area contributed by atoms with Crippen LogP contribution in [0.5, 0.6) is 5.75 Å². The van der Waals surface area contributed by atoms with Gasteiger partial charge in [0.2, 0.25) is 0 Å². The number of aliphatic imine (C=N–C) groups is 1. The van der Waals surface area contributed by atoms with Crippen LogP contribution >= 0.6 is 11.6 Å². The van der Waals surface area contributed by atoms with Gasteiger partial charge in [0.1, 0.15) is 11.9 Å². The highest BCUT2D eigenvalue weighted by Crippen LogP contribution is 2.28. The smallest absolute Gasteiger partial charge is 0.191 e. The third kappa shape index (κ3) is 7.41. The molecule has 2 N–H and O–H groups in total. The fourth-order valence-electron chi connectivity index (χ4n) is 2.18. The molecule has 2 rings (SSSR count). The van der Waals surface area contributed by atoms with Gasteiger partial charge in [0.05, 0.1) is 11.6 Å². The Balaban J connectivity index is 1.57. The summed E-state index contributed by atoms with van der Waals surface area (Å²) in [6.07, 6.45) is 3.62. The fourth-order valence-corrected chi connectivity index (χ4v) is 2.36. The van der Waals surface area contributed by atoms with Crippen molar-refractivity contribution in [2.24, 2.45) is 10.9 Å². The minimum atomic E-state index is -0.0228. The van der Waals surface area contributed by atoms with E-state index in [-0.39, 0.29) is 6.10 Å². The maximum absolute atomic E-state index is 6.10. The average molecular weight is 354 g/mol. The van der Waals surface area contributed by atoms with Crippen LogP contribution in [0, 0.1) is 5.92 Å². The molecule has 134 valence electrons. The quantitative estimate of drug-likeness (QED) is 0.385. The number of rotatable bonds is 10. The lowest BCUT2D eigenvalue weighted by Gasteiger charge is -2.18. The van der Waals surface area contributed by atoms with E-state index in [4.69, 9.17) is 21.1 Å². The van der Waals surface area contributed by atoms with Gasteiger partial charge in [0.25, 0.3) is 0 Å². The zero-order valence-corrected chi connectivity index (χ0v) is 15.3. The van der Waals surface area contributed by atoms with Crippen LogP contribution in [0.1, 0.15) is 26.2 Å². The van der Waals surface area contributed by atoms with Crippen LogP contribution in [0.3, 0.4) is 0 Å².